The number of hydrogen-bond acceptors (Lipinski definition) is 2. The lowest BCUT2D eigenvalue weighted by Gasteiger charge is -2.40. The van der Waals surface area contributed by atoms with Crippen molar-refractivity contribution in [2.45, 2.75) is 19.9 Å². The van der Waals surface area contributed by atoms with Gasteiger partial charge in [0.2, 0.25) is 0 Å². The first-order valence-electron chi connectivity index (χ1n) is 3.31. The van der Waals surface area contributed by atoms with E-state index in [9.17, 15) is 0 Å². The number of ether oxygens (including phenoxy) is 1. The molecule has 0 aliphatic carbocycles. The first-order valence-corrected chi connectivity index (χ1v) is 3.31. The predicted octanol–water partition coefficient (Wildman–Crippen LogP) is 1.72. The molecule has 0 amide bonds. The highest BCUT2D eigenvalue weighted by atomic mass is 16.5. The largest absolute Gasteiger partial charge is 0.380 e. The molecular formula is C6H11N3O. The van der Waals surface area contributed by atoms with E-state index in [4.69, 9.17) is 10.3 Å². The molecule has 1 aliphatic rings. The molecule has 4 nitrogen and oxygen atoms in total. The molecule has 0 aromatic carbocycles. The van der Waals surface area contributed by atoms with E-state index in [1.165, 1.54) is 0 Å². The molecule has 56 valence electrons. The zero-order chi connectivity index (χ0) is 7.61. The van der Waals surface area contributed by atoms with Crippen molar-refractivity contribution < 1.29 is 4.74 Å². The van der Waals surface area contributed by atoms with Gasteiger partial charge < -0.3 is 4.74 Å². The van der Waals surface area contributed by atoms with Crippen LogP contribution in [0.1, 0.15) is 13.8 Å². The fourth-order valence-corrected chi connectivity index (χ4v) is 0.882. The summed E-state index contributed by atoms with van der Waals surface area (Å²) in [5.41, 5.74) is 8.23. The lowest BCUT2D eigenvalue weighted by atomic mass is 9.82. The van der Waals surface area contributed by atoms with Crippen LogP contribution in [-0.4, -0.2) is 19.3 Å². The van der Waals surface area contributed by atoms with Gasteiger partial charge in [-0.1, -0.05) is 19.0 Å². The Labute approximate surface area is 59.8 Å². The maximum absolute atomic E-state index is 8.14. The number of rotatable bonds is 2. The fourth-order valence-electron chi connectivity index (χ4n) is 0.882. The van der Waals surface area contributed by atoms with Gasteiger partial charge in [-0.2, -0.15) is 0 Å². The number of azide groups is 1. The second-order valence-electron chi connectivity index (χ2n) is 3.03. The molecule has 0 N–H and O–H groups in total. The Hall–Kier alpha value is -0.730. The summed E-state index contributed by atoms with van der Waals surface area (Å²) in [6, 6.07) is 0.0475. The molecule has 0 spiro atoms. The van der Waals surface area contributed by atoms with Crippen LogP contribution in [-0.2, 0) is 4.74 Å². The van der Waals surface area contributed by atoms with Crippen molar-refractivity contribution in [3.05, 3.63) is 10.4 Å². The van der Waals surface area contributed by atoms with E-state index in [-0.39, 0.29) is 11.5 Å². The standard InChI is InChI=1S/C6H11N3O/c1-5(8-9-7)6(2)3-10-4-6/h5H,3-4H2,1-2H3. The quantitative estimate of drug-likeness (QED) is 0.328. The molecule has 1 atom stereocenters. The molecule has 1 heterocycles. The molecule has 0 bridgehead atoms. The third-order valence-corrected chi connectivity index (χ3v) is 2.10. The molecule has 0 aromatic rings. The lowest BCUT2D eigenvalue weighted by Crippen LogP contribution is -2.46. The van der Waals surface area contributed by atoms with Gasteiger partial charge in [0.1, 0.15) is 0 Å². The maximum atomic E-state index is 8.14. The van der Waals surface area contributed by atoms with Crippen molar-refractivity contribution >= 4 is 0 Å². The third-order valence-electron chi connectivity index (χ3n) is 2.10. The summed E-state index contributed by atoms with van der Waals surface area (Å²) in [5, 5.41) is 3.62. The SMILES string of the molecule is CC(N=[N+]=[N-])C1(C)COC1. The van der Waals surface area contributed by atoms with E-state index in [1.807, 2.05) is 6.92 Å². The highest BCUT2D eigenvalue weighted by Crippen LogP contribution is 2.32. The van der Waals surface area contributed by atoms with Crippen molar-refractivity contribution in [3.63, 3.8) is 0 Å². The molecule has 10 heavy (non-hydrogen) atoms. The topological polar surface area (TPSA) is 58.0 Å². The van der Waals surface area contributed by atoms with Crippen LogP contribution in [0.5, 0.6) is 0 Å². The van der Waals surface area contributed by atoms with Crippen molar-refractivity contribution in [2.24, 2.45) is 10.5 Å². The highest BCUT2D eigenvalue weighted by Gasteiger charge is 2.38. The summed E-state index contributed by atoms with van der Waals surface area (Å²) >= 11 is 0. The summed E-state index contributed by atoms with van der Waals surface area (Å²) < 4.78 is 5.02. The molecule has 1 fully saturated rings. The van der Waals surface area contributed by atoms with Gasteiger partial charge in [0.25, 0.3) is 0 Å². The van der Waals surface area contributed by atoms with Crippen LogP contribution in [0.15, 0.2) is 5.11 Å². The summed E-state index contributed by atoms with van der Waals surface area (Å²) in [5.74, 6) is 0. The van der Waals surface area contributed by atoms with Crippen LogP contribution in [0.25, 0.3) is 10.4 Å². The van der Waals surface area contributed by atoms with Crippen LogP contribution < -0.4 is 0 Å². The van der Waals surface area contributed by atoms with Crippen LogP contribution in [0, 0.1) is 5.41 Å². The molecule has 1 aliphatic heterocycles. The summed E-state index contributed by atoms with van der Waals surface area (Å²) in [4.78, 5) is 2.75. The first kappa shape index (κ1) is 7.38. The molecule has 1 unspecified atom stereocenters. The van der Waals surface area contributed by atoms with E-state index in [0.717, 1.165) is 0 Å². The van der Waals surface area contributed by atoms with Gasteiger partial charge in [0.15, 0.2) is 0 Å². The Bertz CT molecular complexity index is 170. The highest BCUT2D eigenvalue weighted by molar-refractivity contribution is 4.90. The minimum absolute atomic E-state index is 0.0475. The molecule has 1 saturated heterocycles. The summed E-state index contributed by atoms with van der Waals surface area (Å²) in [7, 11) is 0. The monoisotopic (exact) mass is 141 g/mol. The van der Waals surface area contributed by atoms with Gasteiger partial charge in [-0.05, 0) is 5.53 Å². The molecule has 1 rings (SSSR count). The second-order valence-corrected chi connectivity index (χ2v) is 3.03. The third kappa shape index (κ3) is 1.08. The van der Waals surface area contributed by atoms with Gasteiger partial charge in [-0.3, -0.25) is 0 Å². The van der Waals surface area contributed by atoms with Gasteiger partial charge in [0, 0.05) is 16.4 Å². The molecule has 0 saturated carbocycles. The van der Waals surface area contributed by atoms with E-state index in [2.05, 4.69) is 16.9 Å². The smallest absolute Gasteiger partial charge is 0.0546 e. The average molecular weight is 141 g/mol. The van der Waals surface area contributed by atoms with Gasteiger partial charge in [0.05, 0.1) is 13.2 Å². The first-order chi connectivity index (χ1) is 4.69. The van der Waals surface area contributed by atoms with Crippen LogP contribution in [0.4, 0.5) is 0 Å². The van der Waals surface area contributed by atoms with E-state index >= 15 is 0 Å². The number of nitrogens with zero attached hydrogens (tertiary/aromatic N) is 3. The Kier molecular flexibility index (Phi) is 1.83. The lowest BCUT2D eigenvalue weighted by molar-refractivity contribution is -0.111. The van der Waals surface area contributed by atoms with Crippen LogP contribution in [0.2, 0.25) is 0 Å². The maximum Gasteiger partial charge on any atom is 0.0546 e. The van der Waals surface area contributed by atoms with Crippen molar-refractivity contribution in [3.8, 4) is 0 Å². The van der Waals surface area contributed by atoms with Crippen LogP contribution in [0.3, 0.4) is 0 Å². The molecule has 0 aromatic heterocycles. The zero-order valence-corrected chi connectivity index (χ0v) is 6.24. The minimum Gasteiger partial charge on any atom is -0.380 e. The minimum atomic E-state index is 0.0475. The fraction of sp³-hybridized carbons (Fsp3) is 1.00. The van der Waals surface area contributed by atoms with E-state index < -0.39 is 0 Å². The van der Waals surface area contributed by atoms with Gasteiger partial charge in [-0.15, -0.1) is 0 Å². The second kappa shape index (κ2) is 2.48. The summed E-state index contributed by atoms with van der Waals surface area (Å²) in [6.07, 6.45) is 0. The predicted molar refractivity (Wildman–Crippen MR) is 37.5 cm³/mol. The number of hydrogen-bond donors (Lipinski definition) is 0. The van der Waals surface area contributed by atoms with Crippen molar-refractivity contribution in [2.75, 3.05) is 13.2 Å². The Morgan fingerprint density at radius 3 is 2.60 bits per heavy atom. The zero-order valence-electron chi connectivity index (χ0n) is 6.24. The average Bonchev–Trinajstić information content (AvgIpc) is 1.83. The van der Waals surface area contributed by atoms with Gasteiger partial charge >= 0.3 is 0 Å². The Balaban J connectivity index is 2.54. The molecule has 4 heteroatoms. The van der Waals surface area contributed by atoms with E-state index in [0.29, 0.717) is 13.2 Å². The van der Waals surface area contributed by atoms with Crippen molar-refractivity contribution in [1.82, 2.24) is 0 Å². The van der Waals surface area contributed by atoms with Crippen molar-refractivity contribution in [1.29, 1.82) is 0 Å². The van der Waals surface area contributed by atoms with E-state index in [1.54, 1.807) is 0 Å². The summed E-state index contributed by atoms with van der Waals surface area (Å²) in [6.45, 7) is 5.42. The molecule has 0 radical (unpaired) electrons. The molecular weight excluding hydrogens is 130 g/mol. The van der Waals surface area contributed by atoms with Crippen LogP contribution >= 0.6 is 0 Å². The Morgan fingerprint density at radius 1 is 1.70 bits per heavy atom. The normalized spacial score (nSPS) is 24.2. The Morgan fingerprint density at radius 2 is 2.30 bits per heavy atom. The van der Waals surface area contributed by atoms with Gasteiger partial charge in [-0.25, -0.2) is 0 Å².